The van der Waals surface area contributed by atoms with Crippen molar-refractivity contribution in [1.29, 1.82) is 0 Å². The van der Waals surface area contributed by atoms with Gasteiger partial charge in [0.1, 0.15) is 5.82 Å². The lowest BCUT2D eigenvalue weighted by molar-refractivity contribution is 0.0923. The molecule has 88 valence electrons. The van der Waals surface area contributed by atoms with Gasteiger partial charge in [-0.2, -0.15) is 0 Å². The highest BCUT2D eigenvalue weighted by atomic mass is 35.5. The lowest BCUT2D eigenvalue weighted by Gasteiger charge is -2.10. The van der Waals surface area contributed by atoms with E-state index in [0.717, 1.165) is 19.5 Å². The molecule has 1 aliphatic heterocycles. The molecule has 0 aliphatic carbocycles. The van der Waals surface area contributed by atoms with Crippen molar-refractivity contribution in [3.63, 3.8) is 0 Å². The van der Waals surface area contributed by atoms with E-state index in [1.165, 1.54) is 12.1 Å². The van der Waals surface area contributed by atoms with Crippen molar-refractivity contribution >= 4 is 11.6 Å². The maximum absolute atomic E-state index is 13.0. The lowest BCUT2D eigenvalue weighted by Crippen LogP contribution is -2.13. The summed E-state index contributed by atoms with van der Waals surface area (Å²) in [7, 11) is 0. The molecular weight excluding hydrogens is 229 g/mol. The second-order valence-corrected chi connectivity index (χ2v) is 4.52. The molecule has 0 bridgehead atoms. The highest BCUT2D eigenvalue weighted by molar-refractivity contribution is 6.31. The predicted molar refractivity (Wildman–Crippen MR) is 62.0 cm³/mol. The van der Waals surface area contributed by atoms with Gasteiger partial charge >= 0.3 is 0 Å². The standard InChI is InChI=1S/C12H15ClFNO/c13-12-2-1-11(14)5-10(12)8-16-7-9-3-4-15-6-9/h1-2,5,9,15H,3-4,6-8H2. The lowest BCUT2D eigenvalue weighted by atomic mass is 10.1. The van der Waals surface area contributed by atoms with E-state index in [4.69, 9.17) is 16.3 Å². The van der Waals surface area contributed by atoms with E-state index in [1.54, 1.807) is 6.07 Å². The average molecular weight is 244 g/mol. The average Bonchev–Trinajstić information content (AvgIpc) is 2.76. The summed E-state index contributed by atoms with van der Waals surface area (Å²) in [5.74, 6) is 0.304. The molecule has 2 nitrogen and oxygen atoms in total. The van der Waals surface area contributed by atoms with Crippen molar-refractivity contribution in [2.24, 2.45) is 5.92 Å². The van der Waals surface area contributed by atoms with Gasteiger partial charge < -0.3 is 10.1 Å². The molecule has 1 fully saturated rings. The Bertz CT molecular complexity index is 353. The molecule has 0 aromatic heterocycles. The van der Waals surface area contributed by atoms with Gasteiger partial charge in [-0.1, -0.05) is 11.6 Å². The van der Waals surface area contributed by atoms with Crippen LogP contribution in [0.5, 0.6) is 0 Å². The van der Waals surface area contributed by atoms with E-state index in [1.807, 2.05) is 0 Å². The molecule has 1 heterocycles. The first-order chi connectivity index (χ1) is 7.75. The summed E-state index contributed by atoms with van der Waals surface area (Å²) in [5.41, 5.74) is 0.715. The van der Waals surface area contributed by atoms with Crippen molar-refractivity contribution in [3.05, 3.63) is 34.6 Å². The molecule has 0 amide bonds. The highest BCUT2D eigenvalue weighted by Crippen LogP contribution is 2.18. The number of nitrogens with one attached hydrogen (secondary N) is 1. The second kappa shape index (κ2) is 5.62. The van der Waals surface area contributed by atoms with Gasteiger partial charge in [0.15, 0.2) is 0 Å². The smallest absolute Gasteiger partial charge is 0.123 e. The van der Waals surface area contributed by atoms with Gasteiger partial charge in [0.05, 0.1) is 13.2 Å². The van der Waals surface area contributed by atoms with Crippen molar-refractivity contribution in [2.45, 2.75) is 13.0 Å². The maximum Gasteiger partial charge on any atom is 0.123 e. The van der Waals surface area contributed by atoms with Gasteiger partial charge in [-0.25, -0.2) is 4.39 Å². The highest BCUT2D eigenvalue weighted by Gasteiger charge is 2.14. The molecule has 0 saturated carbocycles. The largest absolute Gasteiger partial charge is 0.376 e. The third-order valence-corrected chi connectivity index (χ3v) is 3.15. The van der Waals surface area contributed by atoms with Crippen LogP contribution < -0.4 is 5.32 Å². The Hall–Kier alpha value is -0.640. The van der Waals surface area contributed by atoms with E-state index in [9.17, 15) is 4.39 Å². The van der Waals surface area contributed by atoms with Gasteiger partial charge in [-0.15, -0.1) is 0 Å². The first-order valence-electron chi connectivity index (χ1n) is 5.48. The van der Waals surface area contributed by atoms with Crippen LogP contribution in [0.1, 0.15) is 12.0 Å². The maximum atomic E-state index is 13.0. The van der Waals surface area contributed by atoms with Crippen molar-refractivity contribution in [1.82, 2.24) is 5.32 Å². The summed E-state index contributed by atoms with van der Waals surface area (Å²) < 4.78 is 18.5. The summed E-state index contributed by atoms with van der Waals surface area (Å²) >= 11 is 5.93. The molecule has 0 spiro atoms. The first-order valence-corrected chi connectivity index (χ1v) is 5.86. The molecule has 1 saturated heterocycles. The number of rotatable bonds is 4. The van der Waals surface area contributed by atoms with E-state index in [0.29, 0.717) is 29.7 Å². The summed E-state index contributed by atoms with van der Waals surface area (Å²) in [6.07, 6.45) is 1.15. The molecule has 1 unspecified atom stereocenters. The molecule has 1 aromatic rings. The van der Waals surface area contributed by atoms with Crippen LogP contribution >= 0.6 is 11.6 Å². The molecule has 1 atom stereocenters. The summed E-state index contributed by atoms with van der Waals surface area (Å²) in [6.45, 7) is 3.17. The molecule has 0 radical (unpaired) electrons. The number of hydrogen-bond donors (Lipinski definition) is 1. The van der Waals surface area contributed by atoms with E-state index < -0.39 is 0 Å². The Balaban J connectivity index is 1.82. The third-order valence-electron chi connectivity index (χ3n) is 2.78. The van der Waals surface area contributed by atoms with E-state index in [2.05, 4.69) is 5.32 Å². The van der Waals surface area contributed by atoms with Gasteiger partial charge in [0, 0.05) is 11.6 Å². The fourth-order valence-electron chi connectivity index (χ4n) is 1.85. The van der Waals surface area contributed by atoms with Crippen molar-refractivity contribution in [2.75, 3.05) is 19.7 Å². The first kappa shape index (κ1) is 11.8. The van der Waals surface area contributed by atoms with Crippen LogP contribution in [0.2, 0.25) is 5.02 Å². The van der Waals surface area contributed by atoms with Crippen LogP contribution in [-0.4, -0.2) is 19.7 Å². The third kappa shape index (κ3) is 3.17. The topological polar surface area (TPSA) is 21.3 Å². The zero-order valence-electron chi connectivity index (χ0n) is 9.01. The van der Waals surface area contributed by atoms with Crippen molar-refractivity contribution < 1.29 is 9.13 Å². The minimum absolute atomic E-state index is 0.273. The molecule has 16 heavy (non-hydrogen) atoms. The van der Waals surface area contributed by atoms with Crippen LogP contribution in [0.15, 0.2) is 18.2 Å². The summed E-state index contributed by atoms with van der Waals surface area (Å²) in [5, 5.41) is 3.84. The van der Waals surface area contributed by atoms with Crippen LogP contribution in [0.3, 0.4) is 0 Å². The van der Waals surface area contributed by atoms with Gasteiger partial charge in [-0.3, -0.25) is 0 Å². The van der Waals surface area contributed by atoms with Crippen molar-refractivity contribution in [3.8, 4) is 0 Å². The molecule has 1 aromatic carbocycles. The number of hydrogen-bond acceptors (Lipinski definition) is 2. The van der Waals surface area contributed by atoms with E-state index >= 15 is 0 Å². The van der Waals surface area contributed by atoms with Gasteiger partial charge in [-0.05, 0) is 42.6 Å². The molecule has 1 N–H and O–H groups in total. The quantitative estimate of drug-likeness (QED) is 0.878. The van der Waals surface area contributed by atoms with Gasteiger partial charge in [0.25, 0.3) is 0 Å². The summed E-state index contributed by atoms with van der Waals surface area (Å²) in [6, 6.07) is 4.34. The zero-order chi connectivity index (χ0) is 11.4. The van der Waals surface area contributed by atoms with Gasteiger partial charge in [0.2, 0.25) is 0 Å². The minimum atomic E-state index is -0.273. The fourth-order valence-corrected chi connectivity index (χ4v) is 2.02. The Morgan fingerprint density at radius 3 is 3.12 bits per heavy atom. The minimum Gasteiger partial charge on any atom is -0.376 e. The fraction of sp³-hybridized carbons (Fsp3) is 0.500. The number of halogens is 2. The normalized spacial score (nSPS) is 20.2. The Kier molecular flexibility index (Phi) is 4.16. The van der Waals surface area contributed by atoms with Crippen LogP contribution in [-0.2, 0) is 11.3 Å². The molecule has 2 rings (SSSR count). The monoisotopic (exact) mass is 243 g/mol. The number of ether oxygens (including phenoxy) is 1. The van der Waals surface area contributed by atoms with Crippen LogP contribution in [0, 0.1) is 11.7 Å². The molecule has 1 aliphatic rings. The SMILES string of the molecule is Fc1ccc(Cl)c(COCC2CCNC2)c1. The second-order valence-electron chi connectivity index (χ2n) is 4.11. The molecular formula is C12H15ClFNO. The zero-order valence-corrected chi connectivity index (χ0v) is 9.77. The van der Waals surface area contributed by atoms with E-state index in [-0.39, 0.29) is 5.82 Å². The van der Waals surface area contributed by atoms with Crippen LogP contribution in [0.4, 0.5) is 4.39 Å². The molecule has 4 heteroatoms. The Labute approximate surface area is 99.7 Å². The Morgan fingerprint density at radius 1 is 1.50 bits per heavy atom. The predicted octanol–water partition coefficient (Wildman–Crippen LogP) is 2.61. The number of benzene rings is 1. The Morgan fingerprint density at radius 2 is 2.38 bits per heavy atom. The van der Waals surface area contributed by atoms with Crippen LogP contribution in [0.25, 0.3) is 0 Å². The summed E-state index contributed by atoms with van der Waals surface area (Å²) in [4.78, 5) is 0.